The highest BCUT2D eigenvalue weighted by Gasteiger charge is 2.18. The highest BCUT2D eigenvalue weighted by molar-refractivity contribution is 6.30. The number of hydrogen-bond acceptors (Lipinski definition) is 1. The number of hydrogen-bond donors (Lipinski definition) is 1. The highest BCUT2D eigenvalue weighted by atomic mass is 35.5. The minimum atomic E-state index is -1.45. The highest BCUT2D eigenvalue weighted by Crippen LogP contribution is 2.27. The van der Waals surface area contributed by atoms with Crippen LogP contribution >= 0.6 is 11.6 Å². The Hall–Kier alpha value is -1.52. The zero-order valence-corrected chi connectivity index (χ0v) is 9.76. The van der Waals surface area contributed by atoms with Crippen LogP contribution in [0.4, 0.5) is 13.2 Å². The van der Waals surface area contributed by atoms with Crippen LogP contribution in [0.15, 0.2) is 36.4 Å². The Bertz CT molecular complexity index is 586. The summed E-state index contributed by atoms with van der Waals surface area (Å²) in [7, 11) is 0. The van der Waals surface area contributed by atoms with Gasteiger partial charge in [0, 0.05) is 5.56 Å². The van der Waals surface area contributed by atoms with Gasteiger partial charge in [-0.2, -0.15) is 0 Å². The number of benzene rings is 2. The van der Waals surface area contributed by atoms with E-state index in [1.54, 1.807) is 0 Å². The molecule has 1 nitrogen and oxygen atoms in total. The maximum absolute atomic E-state index is 13.5. The molecule has 0 amide bonds. The van der Waals surface area contributed by atoms with Crippen LogP contribution < -0.4 is 0 Å². The molecule has 5 heteroatoms. The van der Waals surface area contributed by atoms with Crippen LogP contribution in [0.2, 0.25) is 5.02 Å². The van der Waals surface area contributed by atoms with Gasteiger partial charge >= 0.3 is 0 Å². The molecule has 0 spiro atoms. The van der Waals surface area contributed by atoms with Crippen LogP contribution in [0.25, 0.3) is 0 Å². The molecule has 1 unspecified atom stereocenters. The van der Waals surface area contributed by atoms with Crippen LogP contribution in [0.3, 0.4) is 0 Å². The molecular formula is C13H8ClF3O. The summed E-state index contributed by atoms with van der Waals surface area (Å²) in [6.45, 7) is 0. The van der Waals surface area contributed by atoms with Crippen molar-refractivity contribution in [2.75, 3.05) is 0 Å². The monoisotopic (exact) mass is 272 g/mol. The fraction of sp³-hybridized carbons (Fsp3) is 0.0769. The van der Waals surface area contributed by atoms with E-state index in [1.807, 2.05) is 0 Å². The summed E-state index contributed by atoms with van der Waals surface area (Å²) in [6, 6.07) is 7.01. The number of aliphatic hydroxyl groups is 1. The second-order valence-electron chi connectivity index (χ2n) is 3.72. The van der Waals surface area contributed by atoms with Crippen LogP contribution in [0, 0.1) is 17.5 Å². The molecule has 0 radical (unpaired) electrons. The molecule has 0 heterocycles. The molecule has 0 saturated heterocycles. The summed E-state index contributed by atoms with van der Waals surface area (Å²) in [5.74, 6) is -2.95. The minimum Gasteiger partial charge on any atom is -0.384 e. The first-order valence-electron chi connectivity index (χ1n) is 5.07. The van der Waals surface area contributed by atoms with Crippen molar-refractivity contribution in [1.29, 1.82) is 0 Å². The molecule has 1 atom stereocenters. The molecule has 1 N–H and O–H groups in total. The van der Waals surface area contributed by atoms with E-state index < -0.39 is 23.6 Å². The molecule has 18 heavy (non-hydrogen) atoms. The van der Waals surface area contributed by atoms with E-state index in [-0.39, 0.29) is 16.1 Å². The molecule has 0 aliphatic carbocycles. The van der Waals surface area contributed by atoms with Crippen molar-refractivity contribution >= 4 is 11.6 Å². The Labute approximate surface area is 106 Å². The maximum atomic E-state index is 13.5. The normalized spacial score (nSPS) is 12.5. The minimum absolute atomic E-state index is 0.0985. The lowest BCUT2D eigenvalue weighted by molar-refractivity contribution is 0.213. The van der Waals surface area contributed by atoms with Crippen molar-refractivity contribution in [2.45, 2.75) is 6.10 Å². The van der Waals surface area contributed by atoms with Gasteiger partial charge in [0.05, 0.1) is 5.02 Å². The third-order valence-corrected chi connectivity index (χ3v) is 2.84. The van der Waals surface area contributed by atoms with Gasteiger partial charge < -0.3 is 5.11 Å². The molecule has 0 aliphatic heterocycles. The first-order valence-corrected chi connectivity index (χ1v) is 5.45. The lowest BCUT2D eigenvalue weighted by Crippen LogP contribution is -2.04. The van der Waals surface area contributed by atoms with Crippen LogP contribution in [0.5, 0.6) is 0 Å². The number of aliphatic hydroxyl groups excluding tert-OH is 1. The summed E-state index contributed by atoms with van der Waals surface area (Å²) >= 11 is 5.50. The van der Waals surface area contributed by atoms with Gasteiger partial charge in [0.15, 0.2) is 11.6 Å². The van der Waals surface area contributed by atoms with E-state index in [0.29, 0.717) is 0 Å². The van der Waals surface area contributed by atoms with Crippen LogP contribution in [-0.4, -0.2) is 5.11 Å². The Morgan fingerprint density at radius 2 is 1.72 bits per heavy atom. The largest absolute Gasteiger partial charge is 0.384 e. The zero-order valence-electron chi connectivity index (χ0n) is 9.00. The Morgan fingerprint density at radius 1 is 1.00 bits per heavy atom. The molecule has 0 fully saturated rings. The van der Waals surface area contributed by atoms with Gasteiger partial charge in [0.25, 0.3) is 0 Å². The summed E-state index contributed by atoms with van der Waals surface area (Å²) in [4.78, 5) is 0. The van der Waals surface area contributed by atoms with Gasteiger partial charge in [0.1, 0.15) is 11.9 Å². The van der Waals surface area contributed by atoms with Gasteiger partial charge in [-0.15, -0.1) is 0 Å². The van der Waals surface area contributed by atoms with Crippen molar-refractivity contribution in [3.63, 3.8) is 0 Å². The van der Waals surface area contributed by atoms with Gasteiger partial charge in [-0.1, -0.05) is 29.8 Å². The first kappa shape index (κ1) is 12.9. The predicted molar refractivity (Wildman–Crippen MR) is 61.8 cm³/mol. The molecule has 0 bridgehead atoms. The van der Waals surface area contributed by atoms with Crippen molar-refractivity contribution < 1.29 is 18.3 Å². The number of halogens is 4. The molecular weight excluding hydrogens is 265 g/mol. The average molecular weight is 273 g/mol. The van der Waals surface area contributed by atoms with Gasteiger partial charge in [-0.25, -0.2) is 13.2 Å². The number of rotatable bonds is 2. The van der Waals surface area contributed by atoms with Crippen LogP contribution in [0.1, 0.15) is 17.2 Å². The van der Waals surface area contributed by atoms with E-state index >= 15 is 0 Å². The van der Waals surface area contributed by atoms with Crippen molar-refractivity contribution in [2.24, 2.45) is 0 Å². The fourth-order valence-electron chi connectivity index (χ4n) is 1.59. The average Bonchev–Trinajstić information content (AvgIpc) is 2.35. The van der Waals surface area contributed by atoms with Gasteiger partial charge in [0.2, 0.25) is 0 Å². The molecule has 0 aromatic heterocycles. The lowest BCUT2D eigenvalue weighted by Gasteiger charge is -2.13. The standard InChI is InChI=1S/C13H8ClF3O/c14-9-5-4-7(6-11(9)16)13(18)8-2-1-3-10(15)12(8)17/h1-6,13,18H. The third-order valence-electron chi connectivity index (χ3n) is 2.54. The Balaban J connectivity index is 2.44. The molecule has 94 valence electrons. The third kappa shape index (κ3) is 2.35. The van der Waals surface area contributed by atoms with E-state index in [4.69, 9.17) is 11.6 Å². The van der Waals surface area contributed by atoms with Gasteiger partial charge in [-0.05, 0) is 23.8 Å². The van der Waals surface area contributed by atoms with E-state index in [9.17, 15) is 18.3 Å². The second kappa shape index (κ2) is 5.00. The van der Waals surface area contributed by atoms with E-state index in [2.05, 4.69) is 0 Å². The predicted octanol–water partition coefficient (Wildman–Crippen LogP) is 3.84. The maximum Gasteiger partial charge on any atom is 0.164 e. The molecule has 0 saturated carbocycles. The zero-order chi connectivity index (χ0) is 13.3. The summed E-state index contributed by atoms with van der Waals surface area (Å²) in [6.07, 6.45) is -1.45. The second-order valence-corrected chi connectivity index (χ2v) is 4.13. The summed E-state index contributed by atoms with van der Waals surface area (Å²) in [5.41, 5.74) is -0.155. The first-order chi connectivity index (χ1) is 8.50. The van der Waals surface area contributed by atoms with Crippen molar-refractivity contribution in [3.05, 3.63) is 70.0 Å². The Morgan fingerprint density at radius 3 is 2.39 bits per heavy atom. The van der Waals surface area contributed by atoms with Gasteiger partial charge in [-0.3, -0.25) is 0 Å². The van der Waals surface area contributed by atoms with E-state index in [1.165, 1.54) is 24.3 Å². The van der Waals surface area contributed by atoms with Crippen molar-refractivity contribution in [3.8, 4) is 0 Å². The van der Waals surface area contributed by atoms with E-state index in [0.717, 1.165) is 12.1 Å². The SMILES string of the molecule is OC(c1ccc(Cl)c(F)c1)c1cccc(F)c1F. The molecule has 0 aliphatic rings. The lowest BCUT2D eigenvalue weighted by atomic mass is 10.0. The summed E-state index contributed by atoms with van der Waals surface area (Å²) in [5, 5.41) is 9.79. The molecule has 2 aromatic carbocycles. The quantitative estimate of drug-likeness (QED) is 0.881. The summed E-state index contributed by atoms with van der Waals surface area (Å²) < 4.78 is 39.7. The smallest absolute Gasteiger partial charge is 0.164 e. The van der Waals surface area contributed by atoms with Crippen molar-refractivity contribution in [1.82, 2.24) is 0 Å². The topological polar surface area (TPSA) is 20.2 Å². The Kier molecular flexibility index (Phi) is 3.59. The fourth-order valence-corrected chi connectivity index (χ4v) is 1.71. The molecule has 2 aromatic rings. The van der Waals surface area contributed by atoms with Crippen LogP contribution in [-0.2, 0) is 0 Å². The molecule has 2 rings (SSSR count).